The SMILES string of the molecule is CC(=O)N1CCN(c2cccc3cnccc23)CC1.CS(=O)(=O)N1CCN(c2cccc3cnccc23)CC1.O=S(=O)(Nc1ccc(-c2ccccc2)cc1)c1cccc2cnccc12.O=S(=O)(Nc1ccc(Cl)cc1)c1cccc2cnccc12.O=S(=O)(Nc1ccccc1)c1cccc2cnccc12. The molecule has 0 aliphatic carbocycles. The van der Waals surface area contributed by atoms with Crippen LogP contribution in [-0.2, 0) is 44.9 Å². The van der Waals surface area contributed by atoms with E-state index in [-0.39, 0.29) is 20.6 Å². The van der Waals surface area contributed by atoms with Crippen molar-refractivity contribution >= 4 is 140 Å². The molecule has 26 heteroatoms. The lowest BCUT2D eigenvalue weighted by Crippen LogP contribution is -2.48. The number of nitrogens with one attached hydrogen (secondary N) is 3. The first-order valence-electron chi connectivity index (χ1n) is 33.6. The van der Waals surface area contributed by atoms with Gasteiger partial charge < -0.3 is 14.7 Å². The van der Waals surface area contributed by atoms with Crippen LogP contribution in [0.3, 0.4) is 0 Å². The standard InChI is InChI=1S/C21H16N2O2S.C15H11ClN2O2S.C15H17N3O.C15H12N2O2S.C14H17N3O2S/c24-26(25,21-8-4-7-18-15-22-14-13-20(18)21)23-19-11-9-17(10-12-19)16-5-2-1-3-6-16;16-12-4-6-13(7-5-12)18-21(19,20)15-3-1-2-11-10-17-9-8-14(11)15;1-12(19)17-7-9-18(10-8-17)15-4-2-3-13-11-16-6-5-14(13)15;18-20(19,17-13-6-2-1-3-7-13)15-8-4-5-12-11-16-10-9-14(12)15;1-20(18,19)17-9-7-16(8-10-17)14-4-2-3-12-11-15-6-5-13(12)14/h1-15,23H;1-10,18H;2-6,11H,7-10H2,1H3;1-11,17H;2-6,11H,7-10H2,1H3. The number of halogens is 1. The van der Waals surface area contributed by atoms with Crippen molar-refractivity contribution < 1.29 is 38.5 Å². The number of carbonyl (C=O) groups is 1. The largest absolute Gasteiger partial charge is 0.368 e. The Bertz CT molecular complexity index is 5870. The summed E-state index contributed by atoms with van der Waals surface area (Å²) in [5, 5.41) is 9.51. The first-order valence-corrected chi connectivity index (χ1v) is 40.2. The molecule has 2 aliphatic heterocycles. The molecule has 106 heavy (non-hydrogen) atoms. The van der Waals surface area contributed by atoms with E-state index in [0.717, 1.165) is 75.3 Å². The highest BCUT2D eigenvalue weighted by Gasteiger charge is 2.26. The molecule has 9 aromatic carbocycles. The van der Waals surface area contributed by atoms with Gasteiger partial charge in [-0.05, 0) is 120 Å². The first kappa shape index (κ1) is 74.3. The van der Waals surface area contributed by atoms with Crippen molar-refractivity contribution in [1.29, 1.82) is 0 Å². The molecule has 0 atom stereocenters. The maximum Gasteiger partial charge on any atom is 0.262 e. The van der Waals surface area contributed by atoms with Crippen LogP contribution in [0.2, 0.25) is 5.02 Å². The summed E-state index contributed by atoms with van der Waals surface area (Å²) in [5.74, 6) is 0.168. The molecular weight excluding hydrogens is 1440 g/mol. The van der Waals surface area contributed by atoms with Crippen molar-refractivity contribution in [2.75, 3.05) is 82.6 Å². The van der Waals surface area contributed by atoms with Crippen LogP contribution in [0.5, 0.6) is 0 Å². The predicted molar refractivity (Wildman–Crippen MR) is 424 cm³/mol. The lowest BCUT2D eigenvalue weighted by Gasteiger charge is -2.36. The van der Waals surface area contributed by atoms with E-state index in [2.05, 4.69) is 79.2 Å². The molecule has 2 fully saturated rings. The smallest absolute Gasteiger partial charge is 0.262 e. The quantitative estimate of drug-likeness (QED) is 0.0968. The highest BCUT2D eigenvalue weighted by molar-refractivity contribution is 7.93. The van der Waals surface area contributed by atoms with Crippen LogP contribution in [0.4, 0.5) is 28.4 Å². The van der Waals surface area contributed by atoms with E-state index in [1.165, 1.54) is 21.6 Å². The van der Waals surface area contributed by atoms with Gasteiger partial charge in [0.1, 0.15) is 0 Å². The summed E-state index contributed by atoms with van der Waals surface area (Å²) >= 11 is 5.79. The minimum absolute atomic E-state index is 0.168. The second-order valence-corrected chi connectivity index (χ2v) is 32.0. The van der Waals surface area contributed by atoms with Gasteiger partial charge in [-0.1, -0.05) is 133 Å². The summed E-state index contributed by atoms with van der Waals surface area (Å²) in [4.78, 5) is 38.9. The molecule has 0 spiro atoms. The third-order valence-electron chi connectivity index (χ3n) is 17.6. The van der Waals surface area contributed by atoms with Crippen LogP contribution >= 0.6 is 11.6 Å². The third-order valence-corrected chi connectivity index (χ3v) is 23.5. The van der Waals surface area contributed by atoms with E-state index in [0.29, 0.717) is 64.4 Å². The van der Waals surface area contributed by atoms with E-state index < -0.39 is 40.1 Å². The fraction of sp³-hybridized carbons (Fsp3) is 0.125. The number of anilines is 5. The number of aromatic nitrogens is 5. The lowest BCUT2D eigenvalue weighted by molar-refractivity contribution is -0.129. The lowest BCUT2D eigenvalue weighted by atomic mass is 10.1. The van der Waals surface area contributed by atoms with Gasteiger partial charge in [-0.15, -0.1) is 0 Å². The van der Waals surface area contributed by atoms with Crippen LogP contribution in [0.1, 0.15) is 6.92 Å². The van der Waals surface area contributed by atoms with Crippen LogP contribution in [-0.4, -0.2) is 132 Å². The molecule has 2 saturated heterocycles. The summed E-state index contributed by atoms with van der Waals surface area (Å²) in [5.41, 5.74) is 6.04. The Kier molecular flexibility index (Phi) is 23.5. The fourth-order valence-corrected chi connectivity index (χ4v) is 17.1. The monoisotopic (exact) mass is 1510 g/mol. The molecule has 1 amide bonds. The maximum atomic E-state index is 12.8. The number of benzene rings is 9. The van der Waals surface area contributed by atoms with Gasteiger partial charge in [0.25, 0.3) is 30.1 Å². The molecule has 2 aliphatic rings. The topological polar surface area (TPSA) is 267 Å². The molecule has 0 bridgehead atoms. The van der Waals surface area contributed by atoms with Crippen molar-refractivity contribution in [3.05, 3.63) is 298 Å². The average molecular weight is 1510 g/mol. The number of pyridine rings is 5. The van der Waals surface area contributed by atoms with Gasteiger partial charge in [-0.3, -0.25) is 43.9 Å². The Balaban J connectivity index is 0.000000125. The maximum absolute atomic E-state index is 12.8. The predicted octanol–water partition coefficient (Wildman–Crippen LogP) is 14.6. The van der Waals surface area contributed by atoms with Crippen LogP contribution in [0.25, 0.3) is 65.0 Å². The Labute approximate surface area is 621 Å². The second-order valence-electron chi connectivity index (χ2n) is 24.6. The Hall–Kier alpha value is -11.5. The minimum atomic E-state index is -3.70. The van der Waals surface area contributed by atoms with Gasteiger partial charge in [0.2, 0.25) is 15.9 Å². The van der Waals surface area contributed by atoms with Crippen molar-refractivity contribution in [3.63, 3.8) is 0 Å². The zero-order valence-corrected chi connectivity index (χ0v) is 61.6. The third kappa shape index (κ3) is 18.5. The van der Waals surface area contributed by atoms with Crippen molar-refractivity contribution in [2.24, 2.45) is 0 Å². The Morgan fingerprint density at radius 3 is 1.02 bits per heavy atom. The zero-order chi connectivity index (χ0) is 74.3. The summed E-state index contributed by atoms with van der Waals surface area (Å²) in [7, 11) is -14.1. The van der Waals surface area contributed by atoms with Crippen molar-refractivity contribution in [3.8, 4) is 11.1 Å². The normalized spacial score (nSPS) is 13.4. The van der Waals surface area contributed by atoms with Gasteiger partial charge in [-0.25, -0.2) is 33.7 Å². The van der Waals surface area contributed by atoms with Gasteiger partial charge in [-0.2, -0.15) is 4.31 Å². The number of nitrogens with zero attached hydrogens (tertiary/aromatic N) is 9. The molecule has 0 saturated carbocycles. The number of rotatable bonds is 13. The molecule has 3 N–H and O–H groups in total. The highest BCUT2D eigenvalue weighted by atomic mass is 35.5. The number of hydrogen-bond acceptors (Lipinski definition) is 16. The van der Waals surface area contributed by atoms with E-state index in [1.54, 1.807) is 166 Å². The molecule has 0 radical (unpaired) electrons. The van der Waals surface area contributed by atoms with E-state index in [9.17, 15) is 38.5 Å². The summed E-state index contributed by atoms with van der Waals surface area (Å²) in [6, 6.07) is 69.6. The summed E-state index contributed by atoms with van der Waals surface area (Å²) in [6.45, 7) is 7.54. The number of fused-ring (bicyclic) bond motifs is 5. The average Bonchev–Trinajstić information content (AvgIpc) is 0.802. The summed E-state index contributed by atoms with van der Waals surface area (Å²) in [6.07, 6.45) is 18.3. The molecular formula is C80H73ClN12O9S4. The van der Waals surface area contributed by atoms with Crippen LogP contribution in [0.15, 0.2) is 307 Å². The molecule has 21 nitrogen and oxygen atoms in total. The summed E-state index contributed by atoms with van der Waals surface area (Å²) < 4.78 is 108. The first-order chi connectivity index (χ1) is 51.2. The fourth-order valence-electron chi connectivity index (χ4n) is 12.3. The van der Waals surface area contributed by atoms with E-state index in [1.807, 2.05) is 108 Å². The van der Waals surface area contributed by atoms with E-state index in [4.69, 9.17) is 11.6 Å². The molecule has 7 heterocycles. The molecule has 0 unspecified atom stereocenters. The van der Waals surface area contributed by atoms with E-state index >= 15 is 0 Å². The molecule has 538 valence electrons. The van der Waals surface area contributed by atoms with Gasteiger partial charge in [0.05, 0.1) is 20.9 Å². The zero-order valence-electron chi connectivity index (χ0n) is 57.6. The number of piperazine rings is 2. The van der Waals surface area contributed by atoms with Gasteiger partial charge in [0.15, 0.2) is 0 Å². The number of para-hydroxylation sites is 1. The number of hydrogen-bond donors (Lipinski definition) is 3. The number of carbonyl (C=O) groups excluding carboxylic acids is 1. The van der Waals surface area contributed by atoms with Gasteiger partial charge >= 0.3 is 0 Å². The minimum Gasteiger partial charge on any atom is -0.368 e. The Morgan fingerprint density at radius 2 is 0.651 bits per heavy atom. The van der Waals surface area contributed by atoms with Crippen LogP contribution < -0.4 is 24.0 Å². The molecule has 5 aromatic heterocycles. The molecule has 16 rings (SSSR count). The van der Waals surface area contributed by atoms with Crippen molar-refractivity contribution in [2.45, 2.75) is 21.6 Å². The van der Waals surface area contributed by atoms with Crippen LogP contribution in [0, 0.1) is 0 Å². The molecule has 14 aromatic rings. The van der Waals surface area contributed by atoms with Crippen molar-refractivity contribution in [1.82, 2.24) is 34.1 Å². The Morgan fingerprint density at radius 1 is 0.340 bits per heavy atom. The number of sulfonamides is 4. The number of amides is 1. The van der Waals surface area contributed by atoms with Gasteiger partial charge in [0, 0.05) is 209 Å². The highest BCUT2D eigenvalue weighted by Crippen LogP contribution is 2.32. The second kappa shape index (κ2) is 33.5.